The van der Waals surface area contributed by atoms with Gasteiger partial charge in [-0.3, -0.25) is 0 Å². The molecule has 3 rings (SSSR count). The van der Waals surface area contributed by atoms with Gasteiger partial charge in [0.25, 0.3) is 0 Å². The first-order valence-electron chi connectivity index (χ1n) is 6.34. The molecule has 0 saturated heterocycles. The summed E-state index contributed by atoms with van der Waals surface area (Å²) in [5.41, 5.74) is 3.31. The Kier molecular flexibility index (Phi) is 2.78. The number of fused-ring (bicyclic) bond motifs is 3. The summed E-state index contributed by atoms with van der Waals surface area (Å²) in [6, 6.07) is 5.75. The molecular weight excluding hydrogens is 228 g/mol. The van der Waals surface area contributed by atoms with E-state index in [0.29, 0.717) is 0 Å². The van der Waals surface area contributed by atoms with E-state index in [2.05, 4.69) is 10.2 Å². The number of hydrogen-bond acceptors (Lipinski definition) is 3. The van der Waals surface area contributed by atoms with Crippen LogP contribution in [0.25, 0.3) is 10.9 Å². The second-order valence-electron chi connectivity index (χ2n) is 4.80. The van der Waals surface area contributed by atoms with E-state index in [9.17, 15) is 4.91 Å². The van der Waals surface area contributed by atoms with Crippen LogP contribution in [0.1, 0.15) is 36.6 Å². The van der Waals surface area contributed by atoms with Crippen LogP contribution in [0.15, 0.2) is 23.4 Å². The molecule has 1 aliphatic rings. The van der Waals surface area contributed by atoms with Gasteiger partial charge in [-0.2, -0.15) is 4.91 Å². The van der Waals surface area contributed by atoms with E-state index in [4.69, 9.17) is 4.74 Å². The molecule has 2 aromatic rings. The van der Waals surface area contributed by atoms with Crippen molar-refractivity contribution in [1.29, 1.82) is 0 Å². The highest BCUT2D eigenvalue weighted by atomic mass is 16.5. The third-order valence-electron chi connectivity index (χ3n) is 3.76. The number of nitrogens with zero attached hydrogens (tertiary/aromatic N) is 1. The van der Waals surface area contributed by atoms with Crippen LogP contribution in [-0.4, -0.2) is 12.1 Å². The largest absolute Gasteiger partial charge is 0.497 e. The molecule has 0 aliphatic heterocycles. The number of H-pyrrole nitrogens is 1. The molecule has 4 heteroatoms. The lowest BCUT2D eigenvalue weighted by atomic mass is 10.1. The molecule has 0 saturated carbocycles. The summed E-state index contributed by atoms with van der Waals surface area (Å²) in [6.07, 6.45) is 4.03. The van der Waals surface area contributed by atoms with Gasteiger partial charge in [-0.15, -0.1) is 0 Å². The molecule has 1 unspecified atom stereocenters. The van der Waals surface area contributed by atoms with Crippen LogP contribution >= 0.6 is 0 Å². The van der Waals surface area contributed by atoms with Gasteiger partial charge in [-0.05, 0) is 43.0 Å². The van der Waals surface area contributed by atoms with Crippen LogP contribution in [0.4, 0.5) is 0 Å². The molecule has 1 N–H and O–H groups in total. The van der Waals surface area contributed by atoms with Crippen molar-refractivity contribution < 1.29 is 4.74 Å². The highest BCUT2D eigenvalue weighted by molar-refractivity contribution is 5.86. The van der Waals surface area contributed by atoms with Gasteiger partial charge < -0.3 is 9.72 Å². The van der Waals surface area contributed by atoms with E-state index in [1.54, 1.807) is 7.11 Å². The van der Waals surface area contributed by atoms with Crippen molar-refractivity contribution in [3.8, 4) is 5.75 Å². The minimum Gasteiger partial charge on any atom is -0.497 e. The number of benzene rings is 1. The Hall–Kier alpha value is -1.84. The molecule has 94 valence electrons. The van der Waals surface area contributed by atoms with Crippen LogP contribution < -0.4 is 4.74 Å². The quantitative estimate of drug-likeness (QED) is 0.646. The zero-order valence-corrected chi connectivity index (χ0v) is 10.4. The number of methoxy groups -OCH3 is 1. The Morgan fingerprint density at radius 1 is 1.39 bits per heavy atom. The summed E-state index contributed by atoms with van der Waals surface area (Å²) in [4.78, 5) is 14.3. The minimum atomic E-state index is -0.221. The predicted molar refractivity (Wildman–Crippen MR) is 70.9 cm³/mol. The van der Waals surface area contributed by atoms with Crippen LogP contribution in [-0.2, 0) is 6.42 Å². The maximum Gasteiger partial charge on any atom is 0.132 e. The van der Waals surface area contributed by atoms with Crippen LogP contribution in [0.5, 0.6) is 5.75 Å². The van der Waals surface area contributed by atoms with E-state index < -0.39 is 0 Å². The fourth-order valence-electron chi connectivity index (χ4n) is 2.82. The average molecular weight is 244 g/mol. The minimum absolute atomic E-state index is 0.221. The maximum absolute atomic E-state index is 11.0. The molecule has 1 atom stereocenters. The molecule has 18 heavy (non-hydrogen) atoms. The number of aromatic amines is 1. The van der Waals surface area contributed by atoms with Gasteiger partial charge in [0.05, 0.1) is 7.11 Å². The molecule has 0 fully saturated rings. The van der Waals surface area contributed by atoms with Crippen molar-refractivity contribution in [2.24, 2.45) is 5.18 Å². The summed E-state index contributed by atoms with van der Waals surface area (Å²) in [5.74, 6) is 0.851. The number of aromatic nitrogens is 1. The van der Waals surface area contributed by atoms with Crippen LogP contribution in [0.3, 0.4) is 0 Å². The summed E-state index contributed by atoms with van der Waals surface area (Å²) in [7, 11) is 1.67. The van der Waals surface area contributed by atoms with Gasteiger partial charge in [-0.1, -0.05) is 11.6 Å². The molecule has 0 spiro atoms. The van der Waals surface area contributed by atoms with Gasteiger partial charge in [0.15, 0.2) is 0 Å². The third kappa shape index (κ3) is 1.68. The zero-order valence-electron chi connectivity index (χ0n) is 10.4. The topological polar surface area (TPSA) is 54.4 Å². The van der Waals surface area contributed by atoms with Crippen LogP contribution in [0, 0.1) is 4.91 Å². The highest BCUT2D eigenvalue weighted by Crippen LogP contribution is 2.36. The Balaban J connectivity index is 2.21. The van der Waals surface area contributed by atoms with E-state index in [-0.39, 0.29) is 6.04 Å². The number of ether oxygens (including phenoxy) is 1. The first kappa shape index (κ1) is 11.3. The molecule has 1 aliphatic carbocycles. The monoisotopic (exact) mass is 244 g/mol. The predicted octanol–water partition coefficient (Wildman–Crippen LogP) is 3.71. The van der Waals surface area contributed by atoms with Crippen molar-refractivity contribution in [1.82, 2.24) is 4.98 Å². The summed E-state index contributed by atoms with van der Waals surface area (Å²) in [6.45, 7) is 0. The number of rotatable bonds is 2. The van der Waals surface area contributed by atoms with E-state index in [1.807, 2.05) is 18.2 Å². The molecule has 1 heterocycles. The molecule has 0 radical (unpaired) electrons. The number of hydrogen-bond donors (Lipinski definition) is 1. The average Bonchev–Trinajstić information content (AvgIpc) is 2.64. The van der Waals surface area contributed by atoms with E-state index in [1.165, 1.54) is 10.9 Å². The lowest BCUT2D eigenvalue weighted by Crippen LogP contribution is -1.95. The number of nitroso groups, excluding NO2 is 1. The van der Waals surface area contributed by atoms with Crippen LogP contribution in [0.2, 0.25) is 0 Å². The fourth-order valence-corrected chi connectivity index (χ4v) is 2.82. The van der Waals surface area contributed by atoms with Crippen molar-refractivity contribution in [2.45, 2.75) is 31.7 Å². The Bertz CT molecular complexity index is 589. The standard InChI is InChI=1S/C14H16N2O2/c1-18-9-6-7-12-11(8-9)10-4-2-3-5-13(16-17)14(10)15-12/h6-8,13,15H,2-5H2,1H3. The van der Waals surface area contributed by atoms with Gasteiger partial charge >= 0.3 is 0 Å². The summed E-state index contributed by atoms with van der Waals surface area (Å²) >= 11 is 0. The van der Waals surface area contributed by atoms with Crippen molar-refractivity contribution >= 4 is 10.9 Å². The van der Waals surface area contributed by atoms with Crippen molar-refractivity contribution in [3.05, 3.63) is 34.4 Å². The Morgan fingerprint density at radius 2 is 2.28 bits per heavy atom. The van der Waals surface area contributed by atoms with Crippen molar-refractivity contribution in [3.63, 3.8) is 0 Å². The van der Waals surface area contributed by atoms with Crippen molar-refractivity contribution in [2.75, 3.05) is 7.11 Å². The zero-order chi connectivity index (χ0) is 12.5. The van der Waals surface area contributed by atoms with Gasteiger partial charge in [0, 0.05) is 16.6 Å². The van der Waals surface area contributed by atoms with E-state index in [0.717, 1.165) is 42.6 Å². The maximum atomic E-state index is 11.0. The highest BCUT2D eigenvalue weighted by Gasteiger charge is 2.23. The molecule has 1 aromatic carbocycles. The number of nitrogens with one attached hydrogen (secondary N) is 1. The number of aryl methyl sites for hydroxylation is 1. The Labute approximate surface area is 105 Å². The van der Waals surface area contributed by atoms with Gasteiger partial charge in [0.1, 0.15) is 11.8 Å². The lowest BCUT2D eigenvalue weighted by molar-refractivity contribution is 0.415. The lowest BCUT2D eigenvalue weighted by Gasteiger charge is -2.04. The molecule has 0 amide bonds. The molecular formula is C14H16N2O2. The summed E-state index contributed by atoms with van der Waals surface area (Å²) in [5, 5.41) is 4.44. The molecule has 4 nitrogen and oxygen atoms in total. The fraction of sp³-hybridized carbons (Fsp3) is 0.429. The third-order valence-corrected chi connectivity index (χ3v) is 3.76. The normalized spacial score (nSPS) is 19.3. The SMILES string of the molecule is COc1ccc2[nH]c3c(c2c1)CCCCC3N=O. The summed E-state index contributed by atoms with van der Waals surface area (Å²) < 4.78 is 5.27. The first-order valence-corrected chi connectivity index (χ1v) is 6.34. The second-order valence-corrected chi connectivity index (χ2v) is 4.80. The van der Waals surface area contributed by atoms with Gasteiger partial charge in [-0.25, -0.2) is 0 Å². The second kappa shape index (κ2) is 4.44. The smallest absolute Gasteiger partial charge is 0.132 e. The molecule has 0 bridgehead atoms. The molecule has 1 aromatic heterocycles. The first-order chi connectivity index (χ1) is 8.83. The van der Waals surface area contributed by atoms with Gasteiger partial charge in [0.2, 0.25) is 0 Å². The van der Waals surface area contributed by atoms with E-state index >= 15 is 0 Å². The Morgan fingerprint density at radius 3 is 3.06 bits per heavy atom.